The third-order valence-corrected chi connectivity index (χ3v) is 3.32. The molecule has 0 atom stereocenters. The summed E-state index contributed by atoms with van der Waals surface area (Å²) in [5.74, 6) is 0.335. The second kappa shape index (κ2) is 10.1. The summed E-state index contributed by atoms with van der Waals surface area (Å²) in [6, 6.07) is 6.96. The van der Waals surface area contributed by atoms with Gasteiger partial charge in [0.05, 0.1) is 14.2 Å². The molecule has 0 aliphatic carbocycles. The first-order valence-corrected chi connectivity index (χ1v) is 7.44. The summed E-state index contributed by atoms with van der Waals surface area (Å²) in [7, 11) is 2.63. The summed E-state index contributed by atoms with van der Waals surface area (Å²) < 4.78 is 27.3. The summed E-state index contributed by atoms with van der Waals surface area (Å²) in [5.41, 5.74) is 2.03. The maximum absolute atomic E-state index is 13.0. The summed E-state index contributed by atoms with van der Waals surface area (Å²) in [5, 5.41) is 0. The molecule has 0 saturated carbocycles. The van der Waals surface area contributed by atoms with Gasteiger partial charge in [0.15, 0.2) is 5.78 Å². The molecule has 0 heterocycles. The summed E-state index contributed by atoms with van der Waals surface area (Å²) in [6.07, 6.45) is 2.08. The number of allylic oxidation sites excluding steroid dienone is 3. The van der Waals surface area contributed by atoms with E-state index in [1.54, 1.807) is 24.3 Å². The Kier molecular flexibility index (Phi) is 8.12. The van der Waals surface area contributed by atoms with Gasteiger partial charge in [-0.1, -0.05) is 30.9 Å². The van der Waals surface area contributed by atoms with Crippen LogP contribution in [0.25, 0.3) is 5.57 Å². The van der Waals surface area contributed by atoms with E-state index in [4.69, 9.17) is 9.47 Å². The Balaban J connectivity index is 2.98. The summed E-state index contributed by atoms with van der Waals surface area (Å²) in [6.45, 7) is 4.41. The topological polar surface area (TPSA) is 61.8 Å². The molecule has 1 rings (SSSR count). The predicted molar refractivity (Wildman–Crippen MR) is 93.0 cm³/mol. The van der Waals surface area contributed by atoms with Gasteiger partial charge in [-0.3, -0.25) is 4.79 Å². The van der Waals surface area contributed by atoms with E-state index in [2.05, 4.69) is 11.3 Å². The van der Waals surface area contributed by atoms with Crippen LogP contribution in [0, 0.1) is 0 Å². The fourth-order valence-electron chi connectivity index (χ4n) is 1.90. The minimum absolute atomic E-state index is 0.0582. The van der Waals surface area contributed by atoms with Crippen molar-refractivity contribution in [3.8, 4) is 0 Å². The number of carbonyl (C=O) groups is 2. The van der Waals surface area contributed by atoms with Gasteiger partial charge in [-0.15, -0.1) is 0 Å². The van der Waals surface area contributed by atoms with E-state index >= 15 is 0 Å². The van der Waals surface area contributed by atoms with E-state index in [-0.39, 0.29) is 18.0 Å². The quantitative estimate of drug-likeness (QED) is 0.306. The van der Waals surface area contributed by atoms with Crippen LogP contribution in [0.3, 0.4) is 0 Å². The minimum atomic E-state index is -0.888. The van der Waals surface area contributed by atoms with E-state index in [1.807, 2.05) is 0 Å². The van der Waals surface area contributed by atoms with Crippen LogP contribution in [-0.4, -0.2) is 39.4 Å². The molecule has 0 unspecified atom stereocenters. The second-order valence-electron chi connectivity index (χ2n) is 5.05. The molecule has 1 aromatic carbocycles. The highest BCUT2D eigenvalue weighted by Crippen LogP contribution is 2.23. The maximum atomic E-state index is 13.0. The van der Waals surface area contributed by atoms with Crippen LogP contribution < -0.4 is 0 Å². The van der Waals surface area contributed by atoms with Crippen molar-refractivity contribution in [2.24, 2.45) is 0 Å². The number of rotatable bonds is 8. The lowest BCUT2D eigenvalue weighted by Crippen LogP contribution is -2.08. The van der Waals surface area contributed by atoms with Gasteiger partial charge in [0.25, 0.3) is 0 Å². The molecular weight excluding hydrogens is 327 g/mol. The average molecular weight is 348 g/mol. The number of hydrogen-bond donors (Lipinski definition) is 0. The zero-order chi connectivity index (χ0) is 18.8. The van der Waals surface area contributed by atoms with Gasteiger partial charge >= 0.3 is 6.16 Å². The molecule has 0 spiro atoms. The molecule has 25 heavy (non-hydrogen) atoms. The van der Waals surface area contributed by atoms with E-state index < -0.39 is 12.8 Å². The lowest BCUT2D eigenvalue weighted by atomic mass is 10.0. The minimum Gasteiger partial charge on any atom is -0.496 e. The number of carbonyl (C=O) groups excluding carboxylic acids is 2. The molecule has 0 bridgehead atoms. The van der Waals surface area contributed by atoms with Crippen LogP contribution in [0.5, 0.6) is 0 Å². The van der Waals surface area contributed by atoms with E-state index in [0.29, 0.717) is 22.5 Å². The number of methoxy groups -OCH3 is 2. The third kappa shape index (κ3) is 6.25. The Hall–Kier alpha value is -2.89. The van der Waals surface area contributed by atoms with E-state index in [9.17, 15) is 14.0 Å². The number of hydrogen-bond acceptors (Lipinski definition) is 5. The maximum Gasteiger partial charge on any atom is 0.508 e. The number of alkyl halides is 1. The highest BCUT2D eigenvalue weighted by atomic mass is 19.1. The SMILES string of the molecule is C=C(/C(=C\C=C(/CF)COC(=O)OC)OC)c1cccc(C(C)=O)c1. The average Bonchev–Trinajstić information content (AvgIpc) is 2.63. The molecule has 0 aliphatic heterocycles. The first kappa shape index (κ1) is 20.2. The first-order valence-electron chi connectivity index (χ1n) is 7.44. The fourth-order valence-corrected chi connectivity index (χ4v) is 1.90. The van der Waals surface area contributed by atoms with Gasteiger partial charge in [0.2, 0.25) is 0 Å². The van der Waals surface area contributed by atoms with Crippen molar-refractivity contribution in [3.05, 3.63) is 65.5 Å². The first-order chi connectivity index (χ1) is 11.9. The Morgan fingerprint density at radius 1 is 1.16 bits per heavy atom. The van der Waals surface area contributed by atoms with Crippen LogP contribution in [0.15, 0.2) is 54.3 Å². The standard InChI is InChI=1S/C19H21FO5/c1-13(16-6-5-7-17(10-16)14(2)21)18(23-3)9-8-15(11-20)12-25-19(22)24-4/h5-10H,1,11-12H2,2-4H3/b15-8+,18-9+. The molecule has 0 aliphatic rings. The van der Waals surface area contributed by atoms with Crippen LogP contribution >= 0.6 is 0 Å². The lowest BCUT2D eigenvalue weighted by Gasteiger charge is -2.10. The molecule has 0 saturated heterocycles. The van der Waals surface area contributed by atoms with Crippen molar-refractivity contribution in [2.45, 2.75) is 6.92 Å². The number of benzene rings is 1. The zero-order valence-corrected chi connectivity index (χ0v) is 14.5. The lowest BCUT2D eigenvalue weighted by molar-refractivity contribution is 0.0789. The van der Waals surface area contributed by atoms with Crippen molar-refractivity contribution < 1.29 is 28.2 Å². The Bertz CT molecular complexity index is 704. The molecule has 0 radical (unpaired) electrons. The Morgan fingerprint density at radius 2 is 1.84 bits per heavy atom. The van der Waals surface area contributed by atoms with E-state index in [0.717, 1.165) is 0 Å². The van der Waals surface area contributed by atoms with Crippen LogP contribution in [0.2, 0.25) is 0 Å². The molecular formula is C19H21FO5. The molecule has 0 fully saturated rings. The zero-order valence-electron chi connectivity index (χ0n) is 14.5. The van der Waals surface area contributed by atoms with Gasteiger partial charge in [0.1, 0.15) is 19.0 Å². The Labute approximate surface area is 146 Å². The number of ketones is 1. The van der Waals surface area contributed by atoms with Crippen molar-refractivity contribution >= 4 is 17.5 Å². The third-order valence-electron chi connectivity index (χ3n) is 3.32. The van der Waals surface area contributed by atoms with Gasteiger partial charge < -0.3 is 14.2 Å². The van der Waals surface area contributed by atoms with E-state index in [1.165, 1.54) is 33.3 Å². The fraction of sp³-hybridized carbons (Fsp3) is 0.263. The molecule has 5 nitrogen and oxygen atoms in total. The summed E-state index contributed by atoms with van der Waals surface area (Å²) >= 11 is 0. The summed E-state index contributed by atoms with van der Waals surface area (Å²) in [4.78, 5) is 22.4. The second-order valence-corrected chi connectivity index (χ2v) is 5.05. The smallest absolute Gasteiger partial charge is 0.496 e. The van der Waals surface area contributed by atoms with Gasteiger partial charge in [-0.05, 0) is 30.2 Å². The predicted octanol–water partition coefficient (Wildman–Crippen LogP) is 4.11. The van der Waals surface area contributed by atoms with Crippen molar-refractivity contribution in [1.29, 1.82) is 0 Å². The Morgan fingerprint density at radius 3 is 2.40 bits per heavy atom. The molecule has 1 aromatic rings. The van der Waals surface area contributed by atoms with Crippen LogP contribution in [-0.2, 0) is 14.2 Å². The van der Waals surface area contributed by atoms with Crippen molar-refractivity contribution in [3.63, 3.8) is 0 Å². The molecule has 0 aromatic heterocycles. The molecule has 0 amide bonds. The number of Topliss-reactive ketones (excluding diaryl/α,β-unsaturated/α-hetero) is 1. The highest BCUT2D eigenvalue weighted by molar-refractivity contribution is 5.95. The van der Waals surface area contributed by atoms with Gasteiger partial charge in [0, 0.05) is 11.1 Å². The highest BCUT2D eigenvalue weighted by Gasteiger charge is 2.09. The molecule has 134 valence electrons. The van der Waals surface area contributed by atoms with Crippen molar-refractivity contribution in [1.82, 2.24) is 0 Å². The molecule has 0 N–H and O–H groups in total. The largest absolute Gasteiger partial charge is 0.508 e. The normalized spacial score (nSPS) is 11.7. The van der Waals surface area contributed by atoms with Gasteiger partial charge in [-0.2, -0.15) is 0 Å². The number of halogens is 1. The van der Waals surface area contributed by atoms with Crippen LogP contribution in [0.1, 0.15) is 22.8 Å². The monoisotopic (exact) mass is 348 g/mol. The van der Waals surface area contributed by atoms with Crippen molar-refractivity contribution in [2.75, 3.05) is 27.5 Å². The number of ether oxygens (including phenoxy) is 3. The van der Waals surface area contributed by atoms with Crippen LogP contribution in [0.4, 0.5) is 9.18 Å². The molecule has 6 heteroatoms. The van der Waals surface area contributed by atoms with Gasteiger partial charge in [-0.25, -0.2) is 9.18 Å².